The third-order valence-corrected chi connectivity index (χ3v) is 1.86. The molecule has 0 fully saturated rings. The first-order valence-corrected chi connectivity index (χ1v) is 5.74. The van der Waals surface area contributed by atoms with Crippen LogP contribution in [0.25, 0.3) is 0 Å². The lowest BCUT2D eigenvalue weighted by Crippen LogP contribution is -2.27. The number of hydrogen-bond donors (Lipinski definition) is 2. The highest BCUT2D eigenvalue weighted by Crippen LogP contribution is 2.16. The number of rotatable bonds is 4. The number of ether oxygens (including phenoxy) is 2. The van der Waals surface area contributed by atoms with Gasteiger partial charge in [0.15, 0.2) is 0 Å². The summed E-state index contributed by atoms with van der Waals surface area (Å²) in [6.45, 7) is 5.63. The predicted octanol–water partition coefficient (Wildman–Crippen LogP) is 2.40. The van der Waals surface area contributed by atoms with Crippen LogP contribution in [0.4, 0.5) is 10.5 Å². The van der Waals surface area contributed by atoms with Gasteiger partial charge < -0.3 is 14.6 Å². The smallest absolute Gasteiger partial charge is 0.412 e. The van der Waals surface area contributed by atoms with E-state index in [0.29, 0.717) is 11.4 Å². The number of hydrogen-bond acceptors (Lipinski definition) is 4. The first-order chi connectivity index (χ1) is 8.40. The van der Waals surface area contributed by atoms with Crippen LogP contribution in [0.2, 0.25) is 0 Å². The lowest BCUT2D eigenvalue weighted by molar-refractivity contribution is 0.0636. The van der Waals surface area contributed by atoms with Gasteiger partial charge >= 0.3 is 6.09 Å². The van der Waals surface area contributed by atoms with Crippen molar-refractivity contribution in [1.82, 2.24) is 0 Å². The molecule has 0 saturated carbocycles. The maximum Gasteiger partial charge on any atom is 0.412 e. The van der Waals surface area contributed by atoms with Crippen LogP contribution in [-0.4, -0.2) is 30.0 Å². The van der Waals surface area contributed by atoms with Crippen LogP contribution < -0.4 is 10.1 Å². The second kappa shape index (κ2) is 6.26. The lowest BCUT2D eigenvalue weighted by Gasteiger charge is -2.19. The largest absolute Gasteiger partial charge is 0.491 e. The third kappa shape index (κ3) is 5.54. The molecule has 0 aliphatic carbocycles. The van der Waals surface area contributed by atoms with E-state index in [2.05, 4.69) is 5.32 Å². The van der Waals surface area contributed by atoms with E-state index in [-0.39, 0.29) is 13.2 Å². The van der Waals surface area contributed by atoms with Crippen molar-refractivity contribution in [3.63, 3.8) is 0 Å². The molecule has 0 heterocycles. The van der Waals surface area contributed by atoms with E-state index in [1.807, 2.05) is 0 Å². The minimum Gasteiger partial charge on any atom is -0.491 e. The summed E-state index contributed by atoms with van der Waals surface area (Å²) >= 11 is 0. The number of amides is 1. The SMILES string of the molecule is CC(C)(C)OC(=O)Nc1ccc(OCCO)cc1. The Morgan fingerprint density at radius 2 is 1.89 bits per heavy atom. The van der Waals surface area contributed by atoms with Gasteiger partial charge in [-0.2, -0.15) is 0 Å². The Balaban J connectivity index is 2.50. The molecule has 18 heavy (non-hydrogen) atoms. The number of aliphatic hydroxyl groups excluding tert-OH is 1. The maximum absolute atomic E-state index is 11.5. The standard InChI is InChI=1S/C13H19NO4/c1-13(2,3)18-12(16)14-10-4-6-11(7-5-10)17-9-8-15/h4-7,15H,8-9H2,1-3H3,(H,14,16). The molecular weight excluding hydrogens is 234 g/mol. The quantitative estimate of drug-likeness (QED) is 0.864. The first-order valence-electron chi connectivity index (χ1n) is 5.74. The second-order valence-electron chi connectivity index (χ2n) is 4.72. The molecule has 0 saturated heterocycles. The van der Waals surface area contributed by atoms with Gasteiger partial charge in [0.05, 0.1) is 6.61 Å². The van der Waals surface area contributed by atoms with Crippen molar-refractivity contribution >= 4 is 11.8 Å². The fourth-order valence-corrected chi connectivity index (χ4v) is 1.22. The van der Waals surface area contributed by atoms with Gasteiger partial charge in [-0.05, 0) is 45.0 Å². The van der Waals surface area contributed by atoms with Gasteiger partial charge in [0, 0.05) is 5.69 Å². The minimum absolute atomic E-state index is 0.0299. The summed E-state index contributed by atoms with van der Waals surface area (Å²) in [5.74, 6) is 0.638. The molecule has 1 rings (SSSR count). The van der Waals surface area contributed by atoms with Gasteiger partial charge in [-0.1, -0.05) is 0 Å². The lowest BCUT2D eigenvalue weighted by atomic mass is 10.2. The molecule has 0 bridgehead atoms. The average molecular weight is 253 g/mol. The Morgan fingerprint density at radius 1 is 1.28 bits per heavy atom. The molecule has 0 aromatic heterocycles. The molecule has 0 spiro atoms. The van der Waals surface area contributed by atoms with Crippen LogP contribution in [0, 0.1) is 0 Å². The fourth-order valence-electron chi connectivity index (χ4n) is 1.22. The Kier molecular flexibility index (Phi) is 4.97. The van der Waals surface area contributed by atoms with Crippen LogP contribution in [-0.2, 0) is 4.74 Å². The van der Waals surface area contributed by atoms with E-state index in [4.69, 9.17) is 14.6 Å². The molecule has 0 atom stereocenters. The van der Waals surface area contributed by atoms with Crippen LogP contribution >= 0.6 is 0 Å². The topological polar surface area (TPSA) is 67.8 Å². The van der Waals surface area contributed by atoms with E-state index in [0.717, 1.165) is 0 Å². The zero-order valence-corrected chi connectivity index (χ0v) is 10.9. The number of benzene rings is 1. The van der Waals surface area contributed by atoms with Gasteiger partial charge in [0.25, 0.3) is 0 Å². The fraction of sp³-hybridized carbons (Fsp3) is 0.462. The van der Waals surface area contributed by atoms with Crippen LogP contribution in [0.1, 0.15) is 20.8 Å². The van der Waals surface area contributed by atoms with Crippen molar-refractivity contribution < 1.29 is 19.4 Å². The monoisotopic (exact) mass is 253 g/mol. The number of nitrogens with one attached hydrogen (secondary N) is 1. The van der Waals surface area contributed by atoms with Crippen LogP contribution in [0.3, 0.4) is 0 Å². The van der Waals surface area contributed by atoms with E-state index >= 15 is 0 Å². The Bertz CT molecular complexity index is 381. The normalized spacial score (nSPS) is 10.9. The highest BCUT2D eigenvalue weighted by Gasteiger charge is 2.15. The zero-order valence-electron chi connectivity index (χ0n) is 10.9. The van der Waals surface area contributed by atoms with E-state index in [1.54, 1.807) is 45.0 Å². The molecule has 2 N–H and O–H groups in total. The van der Waals surface area contributed by atoms with Gasteiger partial charge in [0.2, 0.25) is 0 Å². The van der Waals surface area contributed by atoms with E-state index in [1.165, 1.54) is 0 Å². The summed E-state index contributed by atoms with van der Waals surface area (Å²) in [4.78, 5) is 11.5. The van der Waals surface area contributed by atoms with Gasteiger partial charge in [-0.25, -0.2) is 4.79 Å². The second-order valence-corrected chi connectivity index (χ2v) is 4.72. The van der Waals surface area contributed by atoms with Gasteiger partial charge in [-0.15, -0.1) is 0 Å². The number of carbonyl (C=O) groups is 1. The van der Waals surface area contributed by atoms with Crippen molar-refractivity contribution in [3.05, 3.63) is 24.3 Å². The summed E-state index contributed by atoms with van der Waals surface area (Å²) < 4.78 is 10.3. The summed E-state index contributed by atoms with van der Waals surface area (Å²) in [5.41, 5.74) is 0.106. The van der Waals surface area contributed by atoms with E-state index in [9.17, 15) is 4.79 Å². The molecule has 1 amide bonds. The zero-order chi connectivity index (χ0) is 13.6. The molecule has 5 nitrogen and oxygen atoms in total. The molecular formula is C13H19NO4. The summed E-state index contributed by atoms with van der Waals surface area (Å²) in [7, 11) is 0. The van der Waals surface area contributed by atoms with Crippen molar-refractivity contribution in [2.75, 3.05) is 18.5 Å². The van der Waals surface area contributed by atoms with Crippen LogP contribution in [0.15, 0.2) is 24.3 Å². The number of aliphatic hydroxyl groups is 1. The molecule has 5 heteroatoms. The predicted molar refractivity (Wildman–Crippen MR) is 68.9 cm³/mol. The molecule has 100 valence electrons. The van der Waals surface area contributed by atoms with Crippen LogP contribution in [0.5, 0.6) is 5.75 Å². The van der Waals surface area contributed by atoms with Gasteiger partial charge in [0.1, 0.15) is 18.0 Å². The summed E-state index contributed by atoms with van der Waals surface area (Å²) in [6.07, 6.45) is -0.494. The molecule has 1 aromatic rings. The molecule has 0 radical (unpaired) electrons. The van der Waals surface area contributed by atoms with Gasteiger partial charge in [-0.3, -0.25) is 5.32 Å². The number of anilines is 1. The van der Waals surface area contributed by atoms with Crippen molar-refractivity contribution in [2.45, 2.75) is 26.4 Å². The summed E-state index contributed by atoms with van der Waals surface area (Å²) in [5, 5.41) is 11.2. The highest BCUT2D eigenvalue weighted by molar-refractivity contribution is 5.84. The Morgan fingerprint density at radius 3 is 2.39 bits per heavy atom. The van der Waals surface area contributed by atoms with Crippen molar-refractivity contribution in [1.29, 1.82) is 0 Å². The maximum atomic E-state index is 11.5. The van der Waals surface area contributed by atoms with E-state index < -0.39 is 11.7 Å². The highest BCUT2D eigenvalue weighted by atomic mass is 16.6. The molecule has 1 aromatic carbocycles. The third-order valence-electron chi connectivity index (χ3n) is 1.86. The molecule has 0 unspecified atom stereocenters. The molecule has 0 aliphatic heterocycles. The Hall–Kier alpha value is -1.75. The van der Waals surface area contributed by atoms with Crippen molar-refractivity contribution in [3.8, 4) is 5.75 Å². The molecule has 0 aliphatic rings. The summed E-state index contributed by atoms with van der Waals surface area (Å²) in [6, 6.07) is 6.83. The number of carbonyl (C=O) groups excluding carboxylic acids is 1. The average Bonchev–Trinajstić information content (AvgIpc) is 2.25. The Labute approximate surface area is 107 Å². The van der Waals surface area contributed by atoms with Crippen molar-refractivity contribution in [2.24, 2.45) is 0 Å². The minimum atomic E-state index is -0.520. The first kappa shape index (κ1) is 14.3.